The molecule has 2 unspecified atom stereocenters. The van der Waals surface area contributed by atoms with Gasteiger partial charge in [-0.15, -0.1) is 0 Å². The highest BCUT2D eigenvalue weighted by Crippen LogP contribution is 2.38. The molecule has 5 nitrogen and oxygen atoms in total. The minimum atomic E-state index is -0.788. The number of nitrogens with one attached hydrogen (secondary N) is 1. The smallest absolute Gasteiger partial charge is 0.323 e. The van der Waals surface area contributed by atoms with Crippen molar-refractivity contribution < 1.29 is 9.90 Å². The first kappa shape index (κ1) is 14.1. The van der Waals surface area contributed by atoms with E-state index in [0.29, 0.717) is 12.8 Å². The van der Waals surface area contributed by atoms with Crippen LogP contribution in [-0.4, -0.2) is 33.4 Å². The number of aliphatic carboxylic acids is 1. The molecule has 1 aliphatic carbocycles. The molecule has 1 aliphatic rings. The lowest BCUT2D eigenvalue weighted by molar-refractivity contribution is -0.144. The first-order chi connectivity index (χ1) is 8.95. The van der Waals surface area contributed by atoms with Gasteiger partial charge in [0.2, 0.25) is 0 Å². The molecule has 1 saturated carbocycles. The van der Waals surface area contributed by atoms with Crippen molar-refractivity contribution in [1.82, 2.24) is 15.1 Å². The lowest BCUT2D eigenvalue weighted by Gasteiger charge is -2.23. The predicted molar refractivity (Wildman–Crippen MR) is 73.4 cm³/mol. The number of rotatable bonds is 4. The Bertz CT molecular complexity index is 495. The molecule has 5 heteroatoms. The summed E-state index contributed by atoms with van der Waals surface area (Å²) in [5, 5.41) is 17.0. The van der Waals surface area contributed by atoms with E-state index >= 15 is 0 Å². The fourth-order valence-corrected chi connectivity index (χ4v) is 3.32. The highest BCUT2D eigenvalue weighted by atomic mass is 16.4. The molecule has 0 radical (unpaired) electrons. The van der Waals surface area contributed by atoms with Gasteiger partial charge >= 0.3 is 5.97 Å². The lowest BCUT2D eigenvalue weighted by atomic mass is 9.98. The van der Waals surface area contributed by atoms with Crippen LogP contribution in [0.3, 0.4) is 0 Å². The predicted octanol–water partition coefficient (Wildman–Crippen LogP) is 1.83. The van der Waals surface area contributed by atoms with E-state index < -0.39 is 11.5 Å². The monoisotopic (exact) mass is 265 g/mol. The Morgan fingerprint density at radius 1 is 1.58 bits per heavy atom. The van der Waals surface area contributed by atoms with Gasteiger partial charge in [-0.05, 0) is 52.1 Å². The third-order valence-electron chi connectivity index (χ3n) is 4.55. The van der Waals surface area contributed by atoms with Gasteiger partial charge in [0.05, 0.1) is 11.7 Å². The van der Waals surface area contributed by atoms with Crippen LogP contribution < -0.4 is 5.32 Å². The van der Waals surface area contributed by atoms with Crippen molar-refractivity contribution in [1.29, 1.82) is 0 Å². The second-order valence-electron chi connectivity index (χ2n) is 5.48. The van der Waals surface area contributed by atoms with E-state index in [1.54, 1.807) is 7.05 Å². The van der Waals surface area contributed by atoms with Crippen LogP contribution in [0.1, 0.15) is 49.2 Å². The van der Waals surface area contributed by atoms with E-state index in [-0.39, 0.29) is 6.04 Å². The Morgan fingerprint density at radius 2 is 2.26 bits per heavy atom. The maximum absolute atomic E-state index is 11.5. The summed E-state index contributed by atoms with van der Waals surface area (Å²) in [6.45, 7) is 6.24. The van der Waals surface area contributed by atoms with Crippen LogP contribution in [-0.2, 0) is 11.2 Å². The quantitative estimate of drug-likeness (QED) is 0.871. The number of aryl methyl sites for hydroxylation is 1. The zero-order valence-corrected chi connectivity index (χ0v) is 12.2. The van der Waals surface area contributed by atoms with E-state index in [1.807, 2.05) is 11.6 Å². The third kappa shape index (κ3) is 2.16. The maximum Gasteiger partial charge on any atom is 0.323 e. The number of nitrogens with zero attached hydrogens (tertiary/aromatic N) is 2. The topological polar surface area (TPSA) is 67.2 Å². The van der Waals surface area contributed by atoms with Gasteiger partial charge in [-0.3, -0.25) is 9.48 Å². The van der Waals surface area contributed by atoms with Crippen LogP contribution in [0.5, 0.6) is 0 Å². The first-order valence-corrected chi connectivity index (χ1v) is 6.92. The summed E-state index contributed by atoms with van der Waals surface area (Å²) in [5.74, 6) is -0.755. The van der Waals surface area contributed by atoms with Gasteiger partial charge in [0.25, 0.3) is 0 Å². The summed E-state index contributed by atoms with van der Waals surface area (Å²) in [4.78, 5) is 11.5. The molecule has 1 aromatic rings. The molecule has 1 aromatic heterocycles. The molecule has 0 saturated heterocycles. The molecular weight excluding hydrogens is 242 g/mol. The van der Waals surface area contributed by atoms with E-state index in [1.165, 1.54) is 11.3 Å². The number of carbonyl (C=O) groups is 1. The second-order valence-corrected chi connectivity index (χ2v) is 5.48. The van der Waals surface area contributed by atoms with Crippen molar-refractivity contribution in [3.05, 3.63) is 17.0 Å². The van der Waals surface area contributed by atoms with Crippen LogP contribution in [0, 0.1) is 13.8 Å². The van der Waals surface area contributed by atoms with Gasteiger partial charge in [0.1, 0.15) is 5.54 Å². The van der Waals surface area contributed by atoms with E-state index in [9.17, 15) is 9.90 Å². The number of hydrogen-bond acceptors (Lipinski definition) is 3. The zero-order valence-electron chi connectivity index (χ0n) is 12.2. The second kappa shape index (κ2) is 4.96. The average Bonchev–Trinajstić information content (AvgIpc) is 2.92. The number of carboxylic acid groups (broad SMARTS) is 1. The first-order valence-electron chi connectivity index (χ1n) is 6.92. The minimum absolute atomic E-state index is 0.183. The zero-order chi connectivity index (χ0) is 14.2. The van der Waals surface area contributed by atoms with Gasteiger partial charge in [0, 0.05) is 5.69 Å². The summed E-state index contributed by atoms with van der Waals surface area (Å²) in [5.41, 5.74) is 2.75. The highest BCUT2D eigenvalue weighted by Gasteiger charge is 2.45. The van der Waals surface area contributed by atoms with Crippen LogP contribution >= 0.6 is 0 Å². The molecule has 0 amide bonds. The molecule has 19 heavy (non-hydrogen) atoms. The van der Waals surface area contributed by atoms with Gasteiger partial charge in [-0.25, -0.2) is 0 Å². The molecule has 2 rings (SSSR count). The highest BCUT2D eigenvalue weighted by molar-refractivity contribution is 5.79. The molecule has 106 valence electrons. The number of carboxylic acids is 1. The number of aromatic nitrogens is 2. The summed E-state index contributed by atoms with van der Waals surface area (Å²) in [7, 11) is 1.73. The van der Waals surface area contributed by atoms with Gasteiger partial charge < -0.3 is 10.4 Å². The summed E-state index contributed by atoms with van der Waals surface area (Å²) in [6, 6.07) is 0.183. The summed E-state index contributed by atoms with van der Waals surface area (Å²) < 4.78 is 2.04. The van der Waals surface area contributed by atoms with Crippen LogP contribution in [0.25, 0.3) is 0 Å². The van der Waals surface area contributed by atoms with Crippen LogP contribution in [0.15, 0.2) is 0 Å². The third-order valence-corrected chi connectivity index (χ3v) is 4.55. The Kier molecular flexibility index (Phi) is 3.67. The molecule has 0 spiro atoms. The fraction of sp³-hybridized carbons (Fsp3) is 0.714. The maximum atomic E-state index is 11.5. The van der Waals surface area contributed by atoms with E-state index in [4.69, 9.17) is 0 Å². The molecule has 0 aromatic carbocycles. The number of likely N-dealkylation sites (N-methyl/N-ethyl adjacent to an activating group) is 1. The lowest BCUT2D eigenvalue weighted by Crippen LogP contribution is -2.48. The van der Waals surface area contributed by atoms with Crippen molar-refractivity contribution in [2.45, 2.75) is 58.0 Å². The largest absolute Gasteiger partial charge is 0.480 e. The van der Waals surface area contributed by atoms with E-state index in [2.05, 4.69) is 24.3 Å². The normalized spacial score (nSPS) is 26.8. The van der Waals surface area contributed by atoms with E-state index in [0.717, 1.165) is 18.5 Å². The molecule has 0 bridgehead atoms. The average molecular weight is 265 g/mol. The van der Waals surface area contributed by atoms with Crippen molar-refractivity contribution in [2.75, 3.05) is 7.05 Å². The van der Waals surface area contributed by atoms with Crippen molar-refractivity contribution in [3.8, 4) is 0 Å². The standard InChI is InChI=1S/C14H23N3O2/c1-5-12-9(2)16-17(10(12)3)11-6-7-14(8-11,15-4)13(18)19/h11,15H,5-8H2,1-4H3,(H,18,19). The molecular formula is C14H23N3O2. The molecule has 1 fully saturated rings. The fourth-order valence-electron chi connectivity index (χ4n) is 3.32. The van der Waals surface area contributed by atoms with Gasteiger partial charge in [-0.2, -0.15) is 5.10 Å². The van der Waals surface area contributed by atoms with Gasteiger partial charge in [0.15, 0.2) is 0 Å². The Balaban J connectivity index is 2.29. The molecule has 0 aliphatic heterocycles. The number of hydrogen-bond donors (Lipinski definition) is 2. The summed E-state index contributed by atoms with van der Waals surface area (Å²) >= 11 is 0. The van der Waals surface area contributed by atoms with Crippen molar-refractivity contribution >= 4 is 5.97 Å². The van der Waals surface area contributed by atoms with Crippen LogP contribution in [0.4, 0.5) is 0 Å². The van der Waals surface area contributed by atoms with Crippen LogP contribution in [0.2, 0.25) is 0 Å². The van der Waals surface area contributed by atoms with Crippen molar-refractivity contribution in [2.24, 2.45) is 0 Å². The van der Waals surface area contributed by atoms with Gasteiger partial charge in [-0.1, -0.05) is 6.92 Å². The van der Waals surface area contributed by atoms with Crippen molar-refractivity contribution in [3.63, 3.8) is 0 Å². The summed E-state index contributed by atoms with van der Waals surface area (Å²) in [6.07, 6.45) is 3.09. The molecule has 2 atom stereocenters. The SMILES string of the molecule is CCc1c(C)nn(C2CCC(NC)(C(=O)O)C2)c1C. The Morgan fingerprint density at radius 3 is 2.68 bits per heavy atom. The molecule has 1 heterocycles. The molecule has 2 N–H and O–H groups in total. The Hall–Kier alpha value is -1.36. The Labute approximate surface area is 114 Å². The minimum Gasteiger partial charge on any atom is -0.480 e.